The van der Waals surface area contributed by atoms with E-state index >= 15 is 0 Å². The smallest absolute Gasteiger partial charge is 0.246 e. The molecule has 2 aromatic rings. The van der Waals surface area contributed by atoms with Crippen molar-refractivity contribution in [3.8, 4) is 11.3 Å². The molecule has 1 N–H and O–H groups in total. The average molecular weight is 363 g/mol. The van der Waals surface area contributed by atoms with E-state index in [1.807, 2.05) is 35.0 Å². The van der Waals surface area contributed by atoms with Crippen molar-refractivity contribution in [2.75, 3.05) is 19.7 Å². The van der Waals surface area contributed by atoms with E-state index in [0.717, 1.165) is 31.2 Å². The maximum atomic E-state index is 13.1. The van der Waals surface area contributed by atoms with E-state index in [9.17, 15) is 13.5 Å². The van der Waals surface area contributed by atoms with Crippen LogP contribution >= 0.6 is 0 Å². The molecule has 1 fully saturated rings. The van der Waals surface area contributed by atoms with E-state index in [1.165, 1.54) is 4.31 Å². The summed E-state index contributed by atoms with van der Waals surface area (Å²) >= 11 is 0. The van der Waals surface area contributed by atoms with Crippen LogP contribution in [0.5, 0.6) is 0 Å². The van der Waals surface area contributed by atoms with Gasteiger partial charge in [-0.15, -0.1) is 0 Å². The van der Waals surface area contributed by atoms with E-state index in [0.29, 0.717) is 12.2 Å². The van der Waals surface area contributed by atoms with Gasteiger partial charge in [0.15, 0.2) is 0 Å². The van der Waals surface area contributed by atoms with Gasteiger partial charge in [-0.1, -0.05) is 50.1 Å². The number of benzene rings is 1. The van der Waals surface area contributed by atoms with Crippen LogP contribution in [-0.2, 0) is 10.0 Å². The Hall–Kier alpha value is -1.70. The molecule has 3 rings (SSSR count). The highest BCUT2D eigenvalue weighted by Crippen LogP contribution is 2.34. The van der Waals surface area contributed by atoms with Crippen molar-refractivity contribution in [1.82, 2.24) is 14.1 Å². The normalized spacial score (nSPS) is 16.0. The molecule has 1 saturated carbocycles. The second-order valence-corrected chi connectivity index (χ2v) is 8.25. The lowest BCUT2D eigenvalue weighted by Gasteiger charge is -2.19. The molecule has 1 aromatic carbocycles. The highest BCUT2D eigenvalue weighted by atomic mass is 32.2. The number of aliphatic hydroxyl groups excluding tert-OH is 1. The molecular formula is C18H25N3O3S. The molecule has 6 nitrogen and oxygen atoms in total. The summed E-state index contributed by atoms with van der Waals surface area (Å²) in [6, 6.07) is 9.68. The van der Waals surface area contributed by atoms with Crippen molar-refractivity contribution in [3.05, 3.63) is 36.5 Å². The number of hydrogen-bond acceptors (Lipinski definition) is 4. The Kier molecular flexibility index (Phi) is 5.56. The van der Waals surface area contributed by atoms with Crippen LogP contribution < -0.4 is 0 Å². The van der Waals surface area contributed by atoms with Crippen molar-refractivity contribution >= 4 is 10.0 Å². The number of aromatic nitrogens is 2. The molecule has 1 aliphatic rings. The lowest BCUT2D eigenvalue weighted by atomic mass is 10.2. The molecule has 7 heteroatoms. The van der Waals surface area contributed by atoms with E-state index in [-0.39, 0.29) is 24.1 Å². The maximum absolute atomic E-state index is 13.1. The van der Waals surface area contributed by atoms with E-state index in [4.69, 9.17) is 0 Å². The van der Waals surface area contributed by atoms with Crippen LogP contribution in [0.3, 0.4) is 0 Å². The minimum absolute atomic E-state index is 0.0850. The summed E-state index contributed by atoms with van der Waals surface area (Å²) in [5, 5.41) is 13.9. The summed E-state index contributed by atoms with van der Waals surface area (Å²) in [6.45, 7) is 1.97. The first-order valence-corrected chi connectivity index (χ1v) is 10.3. The molecule has 25 heavy (non-hydrogen) atoms. The molecule has 0 aliphatic heterocycles. The molecule has 0 atom stereocenters. The van der Waals surface area contributed by atoms with Crippen molar-refractivity contribution in [3.63, 3.8) is 0 Å². The van der Waals surface area contributed by atoms with Gasteiger partial charge >= 0.3 is 0 Å². The fraction of sp³-hybridized carbons (Fsp3) is 0.500. The first kappa shape index (κ1) is 18.1. The van der Waals surface area contributed by atoms with Crippen molar-refractivity contribution in [2.45, 2.75) is 43.5 Å². The van der Waals surface area contributed by atoms with Gasteiger partial charge in [-0.25, -0.2) is 8.42 Å². The Morgan fingerprint density at radius 1 is 1.24 bits per heavy atom. The van der Waals surface area contributed by atoms with Gasteiger partial charge in [-0.3, -0.25) is 4.68 Å². The third kappa shape index (κ3) is 3.63. The van der Waals surface area contributed by atoms with Crippen molar-refractivity contribution < 1.29 is 13.5 Å². The summed E-state index contributed by atoms with van der Waals surface area (Å²) < 4.78 is 29.4. The maximum Gasteiger partial charge on any atom is 0.246 e. The zero-order valence-electron chi connectivity index (χ0n) is 14.5. The predicted molar refractivity (Wildman–Crippen MR) is 96.7 cm³/mol. The van der Waals surface area contributed by atoms with Crippen LogP contribution in [0.25, 0.3) is 11.3 Å². The molecule has 1 aliphatic carbocycles. The second kappa shape index (κ2) is 7.68. The summed E-state index contributed by atoms with van der Waals surface area (Å²) in [5.74, 6) is 0. The van der Waals surface area contributed by atoms with Crippen LogP contribution in [-0.4, -0.2) is 47.3 Å². The number of rotatable bonds is 7. The van der Waals surface area contributed by atoms with Crippen LogP contribution in [0, 0.1) is 0 Å². The quantitative estimate of drug-likeness (QED) is 0.821. The number of hydrogen-bond donors (Lipinski definition) is 1. The Labute approximate surface area is 149 Å². The predicted octanol–water partition coefficient (Wildman–Crippen LogP) is 2.67. The van der Waals surface area contributed by atoms with Crippen LogP contribution in [0.15, 0.2) is 41.4 Å². The zero-order valence-corrected chi connectivity index (χ0v) is 15.3. The first-order valence-electron chi connectivity index (χ1n) is 8.83. The van der Waals surface area contributed by atoms with Crippen molar-refractivity contribution in [1.29, 1.82) is 0 Å². The number of sulfonamides is 1. The number of aliphatic hydroxyl groups is 1. The monoisotopic (exact) mass is 363 g/mol. The third-order valence-electron chi connectivity index (χ3n) is 4.76. The van der Waals surface area contributed by atoms with Gasteiger partial charge in [0.05, 0.1) is 12.6 Å². The molecule has 1 heterocycles. The molecule has 0 amide bonds. The number of nitrogens with zero attached hydrogens (tertiary/aromatic N) is 3. The average Bonchev–Trinajstić information content (AvgIpc) is 3.29. The molecular weight excluding hydrogens is 338 g/mol. The largest absolute Gasteiger partial charge is 0.395 e. The minimum atomic E-state index is -3.71. The van der Waals surface area contributed by atoms with Gasteiger partial charge < -0.3 is 5.11 Å². The van der Waals surface area contributed by atoms with Gasteiger partial charge in [0.1, 0.15) is 10.6 Å². The summed E-state index contributed by atoms with van der Waals surface area (Å²) in [4.78, 5) is 0.223. The lowest BCUT2D eigenvalue weighted by Crippen LogP contribution is -2.33. The minimum Gasteiger partial charge on any atom is -0.395 e. The highest BCUT2D eigenvalue weighted by Gasteiger charge is 2.30. The van der Waals surface area contributed by atoms with Crippen LogP contribution in [0.1, 0.15) is 38.6 Å². The topological polar surface area (TPSA) is 75.4 Å². The van der Waals surface area contributed by atoms with E-state index < -0.39 is 10.0 Å². The van der Waals surface area contributed by atoms with Gasteiger partial charge in [0, 0.05) is 24.8 Å². The Morgan fingerprint density at radius 3 is 2.52 bits per heavy atom. The van der Waals surface area contributed by atoms with Gasteiger partial charge in [0.25, 0.3) is 0 Å². The van der Waals surface area contributed by atoms with E-state index in [2.05, 4.69) is 5.10 Å². The van der Waals surface area contributed by atoms with Gasteiger partial charge in [-0.05, 0) is 12.8 Å². The standard InChI is InChI=1S/C18H25N3O3S/c1-2-20(12-13-22)25(23,24)17-14-21(16-10-6-7-11-16)19-18(17)15-8-4-3-5-9-15/h3-5,8-9,14,16,22H,2,6-7,10-13H2,1H3. The fourth-order valence-corrected chi connectivity index (χ4v) is 5.00. The number of likely N-dealkylation sites (N-methyl/N-ethyl adjacent to an activating group) is 1. The second-order valence-electron chi connectivity index (χ2n) is 6.35. The highest BCUT2D eigenvalue weighted by molar-refractivity contribution is 7.89. The molecule has 0 spiro atoms. The Balaban J connectivity index is 2.10. The van der Waals surface area contributed by atoms with Crippen LogP contribution in [0.4, 0.5) is 0 Å². The van der Waals surface area contributed by atoms with Crippen LogP contribution in [0.2, 0.25) is 0 Å². The molecule has 0 radical (unpaired) electrons. The first-order chi connectivity index (χ1) is 12.1. The van der Waals surface area contributed by atoms with Gasteiger partial charge in [-0.2, -0.15) is 9.40 Å². The van der Waals surface area contributed by atoms with Crippen molar-refractivity contribution in [2.24, 2.45) is 0 Å². The lowest BCUT2D eigenvalue weighted by molar-refractivity contribution is 0.257. The summed E-state index contributed by atoms with van der Waals surface area (Å²) in [7, 11) is -3.71. The molecule has 0 unspecified atom stereocenters. The summed E-state index contributed by atoms with van der Waals surface area (Å²) in [6.07, 6.45) is 6.04. The Bertz CT molecular complexity index is 796. The molecule has 0 bridgehead atoms. The SMILES string of the molecule is CCN(CCO)S(=O)(=O)c1cn(C2CCCC2)nc1-c1ccccc1. The third-order valence-corrected chi connectivity index (χ3v) is 6.74. The van der Waals surface area contributed by atoms with Gasteiger partial charge in [0.2, 0.25) is 10.0 Å². The fourth-order valence-electron chi connectivity index (χ4n) is 3.41. The molecule has 136 valence electrons. The Morgan fingerprint density at radius 2 is 1.92 bits per heavy atom. The molecule has 0 saturated heterocycles. The summed E-state index contributed by atoms with van der Waals surface area (Å²) in [5.41, 5.74) is 1.28. The zero-order chi connectivity index (χ0) is 17.9. The van der Waals surface area contributed by atoms with E-state index in [1.54, 1.807) is 13.1 Å². The molecule has 1 aromatic heterocycles.